The van der Waals surface area contributed by atoms with Crippen LogP contribution in [0.15, 0.2) is 18.2 Å². The second kappa shape index (κ2) is 8.96. The van der Waals surface area contributed by atoms with Crippen molar-refractivity contribution in [1.29, 1.82) is 0 Å². The number of hydrogen-bond donors (Lipinski definition) is 2. The van der Waals surface area contributed by atoms with Crippen LogP contribution >= 0.6 is 0 Å². The van der Waals surface area contributed by atoms with E-state index in [2.05, 4.69) is 10.6 Å². The summed E-state index contributed by atoms with van der Waals surface area (Å²) < 4.78 is 55.9. The largest absolute Gasteiger partial charge is 0.416 e. The van der Waals surface area contributed by atoms with Gasteiger partial charge in [0.05, 0.1) is 12.2 Å². The predicted octanol–water partition coefficient (Wildman–Crippen LogP) is 2.56. The minimum absolute atomic E-state index is 0.0252. The fourth-order valence-corrected chi connectivity index (χ4v) is 1.75. The minimum Gasteiger partial charge on any atom is -0.383 e. The number of methoxy groups -OCH3 is 1. The zero-order valence-electron chi connectivity index (χ0n) is 11.9. The molecular weight excluding hydrogens is 288 g/mol. The molecule has 0 amide bonds. The molecule has 1 aromatic rings. The Morgan fingerprint density at radius 3 is 2.48 bits per heavy atom. The summed E-state index contributed by atoms with van der Waals surface area (Å²) in [6.45, 7) is 2.81. The lowest BCUT2D eigenvalue weighted by Gasteiger charge is -2.11. The Morgan fingerprint density at radius 1 is 1.10 bits per heavy atom. The first-order valence-corrected chi connectivity index (χ1v) is 6.71. The van der Waals surface area contributed by atoms with Gasteiger partial charge in [0.25, 0.3) is 0 Å². The topological polar surface area (TPSA) is 33.3 Å². The number of alkyl halides is 3. The fraction of sp³-hybridized carbons (Fsp3) is 0.571. The molecular formula is C14H20F4N2O. The summed E-state index contributed by atoms with van der Waals surface area (Å²) in [5.74, 6) is -0.631. The van der Waals surface area contributed by atoms with Gasteiger partial charge < -0.3 is 15.4 Å². The van der Waals surface area contributed by atoms with Crippen LogP contribution in [0.2, 0.25) is 0 Å². The van der Waals surface area contributed by atoms with Gasteiger partial charge in [-0.1, -0.05) is 0 Å². The SMILES string of the molecule is COCCNCCCNCc1cc(C(F)(F)F)ccc1F. The van der Waals surface area contributed by atoms with E-state index in [4.69, 9.17) is 4.74 Å². The second-order valence-electron chi connectivity index (χ2n) is 4.58. The first-order chi connectivity index (χ1) is 9.95. The molecule has 21 heavy (non-hydrogen) atoms. The standard InChI is InChI=1S/C14H20F4N2O/c1-21-8-7-19-5-2-6-20-10-11-9-12(14(16,17)18)3-4-13(11)15/h3-4,9,19-20H,2,5-8,10H2,1H3. The van der Waals surface area contributed by atoms with Gasteiger partial charge in [-0.05, 0) is 37.7 Å². The van der Waals surface area contributed by atoms with Crippen molar-refractivity contribution in [3.8, 4) is 0 Å². The Kier molecular flexibility index (Phi) is 7.63. The first kappa shape index (κ1) is 17.9. The molecule has 0 spiro atoms. The summed E-state index contributed by atoms with van der Waals surface area (Å²) in [5.41, 5.74) is -0.806. The normalized spacial score (nSPS) is 11.9. The Hall–Kier alpha value is -1.18. The van der Waals surface area contributed by atoms with Gasteiger partial charge in [0.2, 0.25) is 0 Å². The van der Waals surface area contributed by atoms with Crippen molar-refractivity contribution < 1.29 is 22.3 Å². The van der Waals surface area contributed by atoms with Crippen LogP contribution in [0.25, 0.3) is 0 Å². The fourth-order valence-electron chi connectivity index (χ4n) is 1.75. The Labute approximate surface area is 121 Å². The van der Waals surface area contributed by atoms with Gasteiger partial charge in [-0.3, -0.25) is 0 Å². The van der Waals surface area contributed by atoms with Crippen LogP contribution in [0.4, 0.5) is 17.6 Å². The monoisotopic (exact) mass is 308 g/mol. The van der Waals surface area contributed by atoms with E-state index >= 15 is 0 Å². The van der Waals surface area contributed by atoms with Gasteiger partial charge in [0.15, 0.2) is 0 Å². The predicted molar refractivity (Wildman–Crippen MR) is 72.5 cm³/mol. The third-order valence-electron chi connectivity index (χ3n) is 2.88. The maximum absolute atomic E-state index is 13.4. The molecule has 1 aromatic carbocycles. The third kappa shape index (κ3) is 6.88. The van der Waals surface area contributed by atoms with E-state index in [0.717, 1.165) is 37.7 Å². The zero-order valence-corrected chi connectivity index (χ0v) is 11.9. The summed E-state index contributed by atoms with van der Waals surface area (Å²) in [7, 11) is 1.62. The maximum atomic E-state index is 13.4. The molecule has 0 aromatic heterocycles. The molecule has 7 heteroatoms. The van der Waals surface area contributed by atoms with Gasteiger partial charge >= 0.3 is 6.18 Å². The Bertz CT molecular complexity index is 424. The number of rotatable bonds is 9. The van der Waals surface area contributed by atoms with Gasteiger partial charge in [-0.15, -0.1) is 0 Å². The van der Waals surface area contributed by atoms with Crippen LogP contribution in [0.5, 0.6) is 0 Å². The highest BCUT2D eigenvalue weighted by Crippen LogP contribution is 2.30. The number of nitrogens with one attached hydrogen (secondary N) is 2. The lowest BCUT2D eigenvalue weighted by atomic mass is 10.1. The van der Waals surface area contributed by atoms with Crippen molar-refractivity contribution in [2.45, 2.75) is 19.1 Å². The van der Waals surface area contributed by atoms with Crippen molar-refractivity contribution in [1.82, 2.24) is 10.6 Å². The summed E-state index contributed by atoms with van der Waals surface area (Å²) in [5, 5.41) is 6.07. The molecule has 0 heterocycles. The molecule has 0 fully saturated rings. The zero-order chi connectivity index (χ0) is 15.7. The molecule has 0 unspecified atom stereocenters. The molecule has 0 aliphatic rings. The molecule has 0 aliphatic heterocycles. The van der Waals surface area contributed by atoms with Crippen molar-refractivity contribution in [2.75, 3.05) is 33.4 Å². The van der Waals surface area contributed by atoms with Crippen LogP contribution in [0.1, 0.15) is 17.5 Å². The maximum Gasteiger partial charge on any atom is 0.416 e. The summed E-state index contributed by atoms with van der Waals surface area (Å²) in [6, 6.07) is 2.45. The highest BCUT2D eigenvalue weighted by molar-refractivity contribution is 5.27. The van der Waals surface area contributed by atoms with E-state index in [1.165, 1.54) is 0 Å². The molecule has 120 valence electrons. The van der Waals surface area contributed by atoms with Gasteiger partial charge in [0, 0.05) is 25.8 Å². The second-order valence-corrected chi connectivity index (χ2v) is 4.58. The van der Waals surface area contributed by atoms with Crippen molar-refractivity contribution in [2.24, 2.45) is 0 Å². The highest BCUT2D eigenvalue weighted by Gasteiger charge is 2.30. The van der Waals surface area contributed by atoms with Gasteiger partial charge in [-0.2, -0.15) is 13.2 Å². The van der Waals surface area contributed by atoms with E-state index in [1.807, 2.05) is 0 Å². The summed E-state index contributed by atoms with van der Waals surface area (Å²) in [6.07, 6.45) is -3.65. The van der Waals surface area contributed by atoms with Gasteiger partial charge in [0.1, 0.15) is 5.82 Å². The lowest BCUT2D eigenvalue weighted by Crippen LogP contribution is -2.24. The number of halogens is 4. The minimum atomic E-state index is -4.45. The molecule has 2 N–H and O–H groups in total. The van der Waals surface area contributed by atoms with Gasteiger partial charge in [-0.25, -0.2) is 4.39 Å². The molecule has 0 radical (unpaired) electrons. The summed E-state index contributed by atoms with van der Waals surface area (Å²) >= 11 is 0. The molecule has 0 saturated carbocycles. The molecule has 0 saturated heterocycles. The van der Waals surface area contributed by atoms with E-state index in [9.17, 15) is 17.6 Å². The van der Waals surface area contributed by atoms with Crippen LogP contribution in [-0.2, 0) is 17.5 Å². The number of benzene rings is 1. The molecule has 0 atom stereocenters. The van der Waals surface area contributed by atoms with Crippen LogP contribution in [0.3, 0.4) is 0 Å². The number of ether oxygens (including phenoxy) is 1. The van der Waals surface area contributed by atoms with Crippen LogP contribution in [-0.4, -0.2) is 33.4 Å². The Balaban J connectivity index is 2.32. The molecule has 0 aliphatic carbocycles. The first-order valence-electron chi connectivity index (χ1n) is 6.71. The average molecular weight is 308 g/mol. The van der Waals surface area contributed by atoms with Crippen LogP contribution in [0, 0.1) is 5.82 Å². The van der Waals surface area contributed by atoms with Crippen LogP contribution < -0.4 is 10.6 Å². The van der Waals surface area contributed by atoms with Crippen molar-refractivity contribution in [3.63, 3.8) is 0 Å². The Morgan fingerprint density at radius 2 is 1.81 bits per heavy atom. The molecule has 1 rings (SSSR count). The summed E-state index contributed by atoms with van der Waals surface area (Å²) in [4.78, 5) is 0. The highest BCUT2D eigenvalue weighted by atomic mass is 19.4. The van der Waals surface area contributed by atoms with E-state index in [-0.39, 0.29) is 12.1 Å². The van der Waals surface area contributed by atoms with Crippen molar-refractivity contribution in [3.05, 3.63) is 35.1 Å². The van der Waals surface area contributed by atoms with E-state index in [0.29, 0.717) is 13.2 Å². The lowest BCUT2D eigenvalue weighted by molar-refractivity contribution is -0.137. The third-order valence-corrected chi connectivity index (χ3v) is 2.88. The average Bonchev–Trinajstić information content (AvgIpc) is 2.42. The molecule has 0 bridgehead atoms. The quantitative estimate of drug-likeness (QED) is 0.543. The van der Waals surface area contributed by atoms with E-state index in [1.54, 1.807) is 7.11 Å². The smallest absolute Gasteiger partial charge is 0.383 e. The molecule has 3 nitrogen and oxygen atoms in total. The van der Waals surface area contributed by atoms with Crippen molar-refractivity contribution >= 4 is 0 Å². The number of hydrogen-bond acceptors (Lipinski definition) is 3. The van der Waals surface area contributed by atoms with E-state index < -0.39 is 17.6 Å².